The zero-order chi connectivity index (χ0) is 46.1. The van der Waals surface area contributed by atoms with Crippen molar-refractivity contribution in [1.82, 2.24) is 28.7 Å². The molecule has 2 aromatic carbocycles. The average Bonchev–Trinajstić information content (AvgIpc) is 3.99. The van der Waals surface area contributed by atoms with Crippen molar-refractivity contribution < 1.29 is 27.8 Å². The van der Waals surface area contributed by atoms with Gasteiger partial charge < -0.3 is 29.4 Å². The van der Waals surface area contributed by atoms with E-state index in [0.29, 0.717) is 70.3 Å². The van der Waals surface area contributed by atoms with Gasteiger partial charge in [0.15, 0.2) is 5.60 Å². The summed E-state index contributed by atoms with van der Waals surface area (Å²) >= 11 is 0. The number of fused-ring (bicyclic) bond motifs is 2. The van der Waals surface area contributed by atoms with Gasteiger partial charge in [0.05, 0.1) is 23.9 Å². The second kappa shape index (κ2) is 16.8. The van der Waals surface area contributed by atoms with Crippen LogP contribution in [0.2, 0.25) is 0 Å². The molecule has 344 valence electrons. The third-order valence-corrected chi connectivity index (χ3v) is 16.4. The molecule has 5 aromatic rings. The van der Waals surface area contributed by atoms with Gasteiger partial charge in [-0.1, -0.05) is 60.2 Å². The highest BCUT2D eigenvalue weighted by atomic mass is 32.2. The molecule has 4 atom stereocenters. The molecule has 5 heterocycles. The Bertz CT molecular complexity index is 2860. The number of anilines is 1. The maximum atomic E-state index is 14.4. The molecule has 0 bridgehead atoms. The van der Waals surface area contributed by atoms with E-state index in [1.807, 2.05) is 86.4 Å². The van der Waals surface area contributed by atoms with Crippen LogP contribution in [0, 0.1) is 0 Å². The fourth-order valence-corrected chi connectivity index (χ4v) is 11.8. The van der Waals surface area contributed by atoms with E-state index in [1.165, 1.54) is 6.20 Å². The first-order valence-electron chi connectivity index (χ1n) is 22.9. The number of allylic oxidation sites excluding steroid dienone is 3. The number of hydrogen-bond acceptors (Lipinski definition) is 11. The lowest BCUT2D eigenvalue weighted by atomic mass is 9.87. The van der Waals surface area contributed by atoms with Crippen LogP contribution in [-0.4, -0.2) is 116 Å². The lowest BCUT2D eigenvalue weighted by Gasteiger charge is -2.49. The number of nitrogens with one attached hydrogen (secondary N) is 1. The van der Waals surface area contributed by atoms with Gasteiger partial charge in [0.25, 0.3) is 5.56 Å². The van der Waals surface area contributed by atoms with Gasteiger partial charge in [-0.25, -0.2) is 27.2 Å². The predicted octanol–water partition coefficient (Wildman–Crippen LogP) is 7.50. The summed E-state index contributed by atoms with van der Waals surface area (Å²) in [5, 5.41) is 12.7. The number of H-pyrrole nitrogens is 1. The molecule has 65 heavy (non-hydrogen) atoms. The van der Waals surface area contributed by atoms with E-state index in [9.17, 15) is 23.1 Å². The molecule has 0 spiro atoms. The molecule has 2 aliphatic carbocycles. The number of aliphatic hydroxyl groups excluding tert-OH is 1. The third-order valence-electron chi connectivity index (χ3n) is 14.0. The predicted molar refractivity (Wildman–Crippen MR) is 254 cm³/mol. The quantitative estimate of drug-likeness (QED) is 0.143. The Kier molecular flexibility index (Phi) is 11.6. The highest BCUT2D eigenvalue weighted by Crippen LogP contribution is 2.44. The molecule has 4 aliphatic rings. The van der Waals surface area contributed by atoms with Crippen molar-refractivity contribution >= 4 is 43.9 Å². The third kappa shape index (κ3) is 8.08. The fraction of sp³-hybridized carbons (Fsp3) is 0.480. The van der Waals surface area contributed by atoms with Gasteiger partial charge in [-0.15, -0.1) is 0 Å². The summed E-state index contributed by atoms with van der Waals surface area (Å²) in [7, 11) is -4.07. The van der Waals surface area contributed by atoms with Crippen LogP contribution in [0.4, 0.5) is 10.7 Å². The normalized spacial score (nSPS) is 23.5. The largest absolute Gasteiger partial charge is 0.444 e. The van der Waals surface area contributed by atoms with Crippen LogP contribution in [0.5, 0.6) is 0 Å². The molecule has 3 aromatic heterocycles. The minimum absolute atomic E-state index is 0.0101. The number of aromatic nitrogens is 4. The van der Waals surface area contributed by atoms with Crippen LogP contribution in [0.3, 0.4) is 0 Å². The van der Waals surface area contributed by atoms with Crippen molar-refractivity contribution in [2.75, 3.05) is 37.7 Å². The summed E-state index contributed by atoms with van der Waals surface area (Å²) in [6.07, 6.45) is 12.0. The molecule has 3 fully saturated rings. The molecular weight excluding hydrogens is 843 g/mol. The number of nitrogens with zero attached hydrogens (tertiary/aromatic N) is 6. The number of rotatable bonds is 10. The number of aromatic amines is 1. The SMILES string of the molecule is CC1=CC=CCC1(C)S(=O)(=O)n1ccc2c(-c3ccc4nc(N5CCC(N6C[C@@H](C)N(C(=O)OC(C)(C)C)C[C@@H]6C)CC5)nc([C@@](CO)(OC5CC5)c5ccccc5)c4c3)c[nH]c(=O)c21. The van der Waals surface area contributed by atoms with Crippen LogP contribution < -0.4 is 10.5 Å². The number of ether oxygens (including phenoxy) is 2. The van der Waals surface area contributed by atoms with Crippen molar-refractivity contribution in [2.45, 2.75) is 121 Å². The molecule has 14 nitrogen and oxygen atoms in total. The average molecular weight is 904 g/mol. The van der Waals surface area contributed by atoms with Gasteiger partial charge in [0, 0.05) is 73.0 Å². The van der Waals surface area contributed by atoms with Gasteiger partial charge in [0.1, 0.15) is 15.9 Å². The number of pyridine rings is 1. The van der Waals surface area contributed by atoms with E-state index in [2.05, 4.69) is 28.6 Å². The Morgan fingerprint density at radius 3 is 2.38 bits per heavy atom. The molecule has 1 amide bonds. The first kappa shape index (κ1) is 44.8. The van der Waals surface area contributed by atoms with Crippen LogP contribution in [0.1, 0.15) is 91.8 Å². The topological polar surface area (TPSA) is 163 Å². The van der Waals surface area contributed by atoms with E-state index in [-0.39, 0.29) is 42.8 Å². The molecule has 9 rings (SSSR count). The number of aliphatic hydroxyl groups is 1. The fourth-order valence-electron chi connectivity index (χ4n) is 9.95. The summed E-state index contributed by atoms with van der Waals surface area (Å²) in [5.74, 6) is 0.548. The number of carbonyl (C=O) groups is 1. The molecule has 1 saturated carbocycles. The number of hydrogen-bond donors (Lipinski definition) is 2. The molecule has 2 saturated heterocycles. The monoisotopic (exact) mass is 903 g/mol. The van der Waals surface area contributed by atoms with Crippen molar-refractivity contribution in [1.29, 1.82) is 0 Å². The zero-order valence-electron chi connectivity index (χ0n) is 38.5. The number of carbonyl (C=O) groups excluding carboxylic acids is 1. The first-order chi connectivity index (χ1) is 30.9. The summed E-state index contributed by atoms with van der Waals surface area (Å²) in [6.45, 7) is 15.9. The van der Waals surface area contributed by atoms with E-state index in [1.54, 1.807) is 32.2 Å². The van der Waals surface area contributed by atoms with Crippen molar-refractivity contribution in [2.24, 2.45) is 0 Å². The van der Waals surface area contributed by atoms with Gasteiger partial charge in [0.2, 0.25) is 16.0 Å². The summed E-state index contributed by atoms with van der Waals surface area (Å²) in [5.41, 5.74) is 1.62. The summed E-state index contributed by atoms with van der Waals surface area (Å²) < 4.78 is 41.4. The molecule has 2 N–H and O–H groups in total. The molecule has 0 radical (unpaired) electrons. The maximum absolute atomic E-state index is 14.4. The number of amides is 1. The van der Waals surface area contributed by atoms with Gasteiger partial charge in [-0.3, -0.25) is 9.69 Å². The number of piperidine rings is 1. The van der Waals surface area contributed by atoms with Crippen LogP contribution in [0.25, 0.3) is 32.9 Å². The molecular formula is C50H61N7O7S. The Labute approximate surface area is 381 Å². The van der Waals surface area contributed by atoms with Gasteiger partial charge in [-0.05, 0) is 110 Å². The Balaban J connectivity index is 1.09. The van der Waals surface area contributed by atoms with E-state index in [0.717, 1.165) is 41.8 Å². The second-order valence-electron chi connectivity index (χ2n) is 19.6. The van der Waals surface area contributed by atoms with Crippen LogP contribution in [0.15, 0.2) is 95.6 Å². The van der Waals surface area contributed by atoms with Crippen molar-refractivity contribution in [3.8, 4) is 11.1 Å². The van der Waals surface area contributed by atoms with E-state index < -0.39 is 31.5 Å². The van der Waals surface area contributed by atoms with Crippen molar-refractivity contribution in [3.63, 3.8) is 0 Å². The lowest BCUT2D eigenvalue weighted by molar-refractivity contribution is -0.0672. The molecule has 15 heteroatoms. The van der Waals surface area contributed by atoms with Crippen LogP contribution >= 0.6 is 0 Å². The lowest BCUT2D eigenvalue weighted by Crippen LogP contribution is -2.62. The number of benzene rings is 2. The Hall–Kier alpha value is -5.35. The second-order valence-corrected chi connectivity index (χ2v) is 21.9. The summed E-state index contributed by atoms with van der Waals surface area (Å²) in [6, 6.07) is 17.7. The minimum Gasteiger partial charge on any atom is -0.444 e. The Morgan fingerprint density at radius 2 is 1.71 bits per heavy atom. The highest BCUT2D eigenvalue weighted by molar-refractivity contribution is 7.91. The molecule has 2 aliphatic heterocycles. The Morgan fingerprint density at radius 1 is 0.969 bits per heavy atom. The maximum Gasteiger partial charge on any atom is 0.410 e. The van der Waals surface area contributed by atoms with Gasteiger partial charge >= 0.3 is 6.09 Å². The standard InChI is InChI=1S/C50H61N7O7S/c1-32-13-11-12-23-49(32,7)65(61,62)57-26-22-39-41(28-51-45(59)43(39)57)35-16-19-42-40(27-35)44(50(31-58,63-38-17-18-38)36-14-9-8-10-15-36)53-46(52-42)54-24-20-37(21-25-54)55-29-34(3)56(30-33(55)2)47(60)64-48(4,5)6/h8-16,19,22,26-28,33-34,37-38,58H,17-18,20-21,23-25,29-31H2,1-7H3,(H,51,59)/t33-,34+,49?,50-/m0/s1. The van der Waals surface area contributed by atoms with E-state index >= 15 is 0 Å². The number of piperazine rings is 1. The van der Waals surface area contributed by atoms with E-state index in [4.69, 9.17) is 19.4 Å². The van der Waals surface area contributed by atoms with Gasteiger partial charge in [-0.2, -0.15) is 0 Å². The zero-order valence-corrected chi connectivity index (χ0v) is 39.3. The smallest absolute Gasteiger partial charge is 0.410 e. The van der Waals surface area contributed by atoms with Crippen LogP contribution in [-0.2, 0) is 25.1 Å². The highest BCUT2D eigenvalue weighted by Gasteiger charge is 2.45. The molecule has 1 unspecified atom stereocenters. The summed E-state index contributed by atoms with van der Waals surface area (Å²) in [4.78, 5) is 46.7. The minimum atomic E-state index is -4.07. The van der Waals surface area contributed by atoms with Crippen molar-refractivity contribution in [3.05, 3.63) is 112 Å². The first-order valence-corrected chi connectivity index (χ1v) is 24.4.